The van der Waals surface area contributed by atoms with Gasteiger partial charge in [0.2, 0.25) is 0 Å². The molecule has 0 saturated carbocycles. The van der Waals surface area contributed by atoms with Crippen molar-refractivity contribution in [1.29, 1.82) is 0 Å². The van der Waals surface area contributed by atoms with E-state index in [2.05, 4.69) is 12.2 Å². The van der Waals surface area contributed by atoms with Crippen LogP contribution in [0.15, 0.2) is 30.3 Å². The normalized spacial score (nSPS) is 18.9. The van der Waals surface area contributed by atoms with E-state index in [-0.39, 0.29) is 12.1 Å². The Morgan fingerprint density at radius 3 is 2.84 bits per heavy atom. The number of hydrogen-bond donors (Lipinski definition) is 1. The van der Waals surface area contributed by atoms with Gasteiger partial charge in [0.15, 0.2) is 0 Å². The van der Waals surface area contributed by atoms with E-state index < -0.39 is 0 Å². The first-order chi connectivity index (χ1) is 9.31. The molecular weight excluding hydrogens is 240 g/mol. The third-order valence-corrected chi connectivity index (χ3v) is 3.36. The standard InChI is InChI=1S/C15H22N2O2/c1-2-11-17(13-7-6-10-16-12-13)15(18)19-14-8-4-3-5-9-14/h3-5,8-9,13,16H,2,6-7,10-12H2,1H3. The molecule has 1 aromatic rings. The fourth-order valence-electron chi connectivity index (χ4n) is 2.41. The highest BCUT2D eigenvalue weighted by Crippen LogP contribution is 2.15. The van der Waals surface area contributed by atoms with E-state index in [1.54, 1.807) is 12.1 Å². The Kier molecular flexibility index (Phi) is 5.21. The van der Waals surface area contributed by atoms with Crippen molar-refractivity contribution >= 4 is 6.09 Å². The van der Waals surface area contributed by atoms with E-state index in [9.17, 15) is 4.79 Å². The summed E-state index contributed by atoms with van der Waals surface area (Å²) in [5, 5.41) is 3.34. The van der Waals surface area contributed by atoms with E-state index in [1.807, 2.05) is 23.1 Å². The second-order valence-corrected chi connectivity index (χ2v) is 4.87. The van der Waals surface area contributed by atoms with Crippen molar-refractivity contribution in [2.75, 3.05) is 19.6 Å². The minimum absolute atomic E-state index is 0.234. The molecule has 19 heavy (non-hydrogen) atoms. The summed E-state index contributed by atoms with van der Waals surface area (Å²) in [5.74, 6) is 0.609. The zero-order chi connectivity index (χ0) is 13.5. The van der Waals surface area contributed by atoms with E-state index >= 15 is 0 Å². The first kappa shape index (κ1) is 13.9. The summed E-state index contributed by atoms with van der Waals surface area (Å²) in [6.45, 7) is 4.74. The predicted octanol–water partition coefficient (Wildman–Crippen LogP) is 2.65. The molecule has 1 unspecified atom stereocenters. The second kappa shape index (κ2) is 7.14. The molecule has 1 aliphatic rings. The molecule has 1 atom stereocenters. The zero-order valence-corrected chi connectivity index (χ0v) is 11.5. The molecule has 0 aliphatic carbocycles. The monoisotopic (exact) mass is 262 g/mol. The largest absolute Gasteiger partial charge is 0.415 e. The van der Waals surface area contributed by atoms with Gasteiger partial charge in [-0.3, -0.25) is 0 Å². The second-order valence-electron chi connectivity index (χ2n) is 4.87. The fraction of sp³-hybridized carbons (Fsp3) is 0.533. The first-order valence-electron chi connectivity index (χ1n) is 7.05. The lowest BCUT2D eigenvalue weighted by Gasteiger charge is -2.33. The molecule has 4 nitrogen and oxygen atoms in total. The molecule has 1 heterocycles. The first-order valence-corrected chi connectivity index (χ1v) is 7.05. The van der Waals surface area contributed by atoms with Crippen LogP contribution in [0.4, 0.5) is 4.79 Å². The van der Waals surface area contributed by atoms with Crippen molar-refractivity contribution < 1.29 is 9.53 Å². The van der Waals surface area contributed by atoms with E-state index in [1.165, 1.54) is 0 Å². The fourth-order valence-corrected chi connectivity index (χ4v) is 2.41. The number of hydrogen-bond acceptors (Lipinski definition) is 3. The van der Waals surface area contributed by atoms with Gasteiger partial charge in [0.05, 0.1) is 0 Å². The van der Waals surface area contributed by atoms with Gasteiger partial charge < -0.3 is 15.0 Å². The topological polar surface area (TPSA) is 41.6 Å². The molecule has 1 saturated heterocycles. The Bertz CT molecular complexity index is 388. The Morgan fingerprint density at radius 1 is 1.42 bits per heavy atom. The summed E-state index contributed by atoms with van der Waals surface area (Å²) < 4.78 is 5.44. The molecular formula is C15H22N2O2. The van der Waals surface area contributed by atoms with Gasteiger partial charge in [-0.15, -0.1) is 0 Å². The van der Waals surface area contributed by atoms with Crippen molar-refractivity contribution in [2.24, 2.45) is 0 Å². The van der Waals surface area contributed by atoms with Gasteiger partial charge in [0, 0.05) is 19.1 Å². The maximum atomic E-state index is 12.3. The smallest absolute Gasteiger partial charge is 0.410 e. The lowest BCUT2D eigenvalue weighted by atomic mass is 10.1. The molecule has 0 spiro atoms. The van der Waals surface area contributed by atoms with Crippen molar-refractivity contribution in [1.82, 2.24) is 10.2 Å². The number of carbonyl (C=O) groups is 1. The van der Waals surface area contributed by atoms with Crippen LogP contribution in [-0.4, -0.2) is 36.7 Å². The van der Waals surface area contributed by atoms with Crippen LogP contribution in [0, 0.1) is 0 Å². The van der Waals surface area contributed by atoms with Gasteiger partial charge in [-0.25, -0.2) is 4.79 Å². The van der Waals surface area contributed by atoms with Crippen LogP contribution in [0.25, 0.3) is 0 Å². The maximum absolute atomic E-state index is 12.3. The minimum Gasteiger partial charge on any atom is -0.410 e. The summed E-state index contributed by atoms with van der Waals surface area (Å²) in [4.78, 5) is 14.1. The average Bonchev–Trinajstić information content (AvgIpc) is 2.46. The van der Waals surface area contributed by atoms with E-state index in [4.69, 9.17) is 4.74 Å². The van der Waals surface area contributed by atoms with Gasteiger partial charge in [0.25, 0.3) is 0 Å². The van der Waals surface area contributed by atoms with Gasteiger partial charge in [-0.05, 0) is 37.9 Å². The Morgan fingerprint density at radius 2 is 2.21 bits per heavy atom. The van der Waals surface area contributed by atoms with E-state index in [0.29, 0.717) is 5.75 Å². The lowest BCUT2D eigenvalue weighted by molar-refractivity contribution is 0.121. The number of para-hydroxylation sites is 1. The van der Waals surface area contributed by atoms with Gasteiger partial charge in [-0.1, -0.05) is 25.1 Å². The number of piperidine rings is 1. The highest BCUT2D eigenvalue weighted by molar-refractivity contribution is 5.71. The summed E-state index contributed by atoms with van der Waals surface area (Å²) in [6, 6.07) is 9.52. The summed E-state index contributed by atoms with van der Waals surface area (Å²) in [5.41, 5.74) is 0. The maximum Gasteiger partial charge on any atom is 0.415 e. The van der Waals surface area contributed by atoms with Crippen LogP contribution in [0.3, 0.4) is 0 Å². The summed E-state index contributed by atoms with van der Waals surface area (Å²) in [6.07, 6.45) is 2.88. The SMILES string of the molecule is CCCN(C(=O)Oc1ccccc1)C1CCCNC1. The van der Waals surface area contributed by atoms with Crippen LogP contribution in [0.2, 0.25) is 0 Å². The predicted molar refractivity (Wildman–Crippen MR) is 75.4 cm³/mol. The Hall–Kier alpha value is -1.55. The zero-order valence-electron chi connectivity index (χ0n) is 11.5. The Balaban J connectivity index is 1.99. The van der Waals surface area contributed by atoms with Crippen LogP contribution in [0.1, 0.15) is 26.2 Å². The van der Waals surface area contributed by atoms with Crippen molar-refractivity contribution in [3.63, 3.8) is 0 Å². The lowest BCUT2D eigenvalue weighted by Crippen LogP contribution is -2.49. The molecule has 4 heteroatoms. The van der Waals surface area contributed by atoms with Gasteiger partial charge >= 0.3 is 6.09 Å². The number of carbonyl (C=O) groups excluding carboxylic acids is 1. The number of nitrogens with one attached hydrogen (secondary N) is 1. The highest BCUT2D eigenvalue weighted by atomic mass is 16.6. The molecule has 0 aromatic heterocycles. The van der Waals surface area contributed by atoms with Crippen molar-refractivity contribution in [3.05, 3.63) is 30.3 Å². The number of rotatable bonds is 4. The minimum atomic E-state index is -0.234. The van der Waals surface area contributed by atoms with Crippen LogP contribution < -0.4 is 10.1 Å². The number of benzene rings is 1. The molecule has 0 radical (unpaired) electrons. The third kappa shape index (κ3) is 3.96. The molecule has 1 fully saturated rings. The summed E-state index contributed by atoms with van der Waals surface area (Å²) >= 11 is 0. The number of amides is 1. The number of ether oxygens (including phenoxy) is 1. The van der Waals surface area contributed by atoms with Crippen LogP contribution in [-0.2, 0) is 0 Å². The number of nitrogens with zero attached hydrogens (tertiary/aromatic N) is 1. The third-order valence-electron chi connectivity index (χ3n) is 3.36. The molecule has 2 rings (SSSR count). The highest BCUT2D eigenvalue weighted by Gasteiger charge is 2.26. The van der Waals surface area contributed by atoms with Gasteiger partial charge in [-0.2, -0.15) is 0 Å². The van der Waals surface area contributed by atoms with Crippen LogP contribution >= 0.6 is 0 Å². The molecule has 1 aromatic carbocycles. The average molecular weight is 262 g/mol. The van der Waals surface area contributed by atoms with E-state index in [0.717, 1.165) is 38.9 Å². The molecule has 0 bridgehead atoms. The Labute approximate surface area is 114 Å². The van der Waals surface area contributed by atoms with Crippen molar-refractivity contribution in [3.8, 4) is 5.75 Å². The summed E-state index contributed by atoms with van der Waals surface area (Å²) in [7, 11) is 0. The molecule has 1 amide bonds. The quantitative estimate of drug-likeness (QED) is 0.907. The van der Waals surface area contributed by atoms with Crippen molar-refractivity contribution in [2.45, 2.75) is 32.2 Å². The molecule has 1 N–H and O–H groups in total. The van der Waals surface area contributed by atoms with Crippen LogP contribution in [0.5, 0.6) is 5.75 Å². The van der Waals surface area contributed by atoms with Gasteiger partial charge in [0.1, 0.15) is 5.75 Å². The molecule has 1 aliphatic heterocycles. The molecule has 104 valence electrons.